The Kier molecular flexibility index (Phi) is 4.58. The van der Waals surface area contributed by atoms with Gasteiger partial charge in [0.2, 0.25) is 0 Å². The quantitative estimate of drug-likeness (QED) is 0.507. The lowest BCUT2D eigenvalue weighted by Gasteiger charge is -2.44. The summed E-state index contributed by atoms with van der Waals surface area (Å²) in [5, 5.41) is 6.63. The number of hydrogen-bond acceptors (Lipinski definition) is 5. The van der Waals surface area contributed by atoms with E-state index in [9.17, 15) is 13.2 Å². The minimum atomic E-state index is -3.47. The van der Waals surface area contributed by atoms with Crippen LogP contribution in [0.2, 0.25) is 0 Å². The summed E-state index contributed by atoms with van der Waals surface area (Å²) in [6.07, 6.45) is 3.32. The highest BCUT2D eigenvalue weighted by molar-refractivity contribution is 7.92. The van der Waals surface area contributed by atoms with Crippen molar-refractivity contribution in [3.63, 3.8) is 0 Å². The minimum Gasteiger partial charge on any atom is -0.341 e. The molecule has 0 bridgehead atoms. The first-order valence-corrected chi connectivity index (χ1v) is 9.75. The fourth-order valence-corrected chi connectivity index (χ4v) is 5.43. The molecule has 2 N–H and O–H groups in total. The van der Waals surface area contributed by atoms with E-state index in [4.69, 9.17) is 5.84 Å². The van der Waals surface area contributed by atoms with Crippen LogP contribution in [0.25, 0.3) is 0 Å². The lowest BCUT2D eigenvalue weighted by Crippen LogP contribution is -2.59. The maximum atomic E-state index is 12.8. The highest BCUT2D eigenvalue weighted by Crippen LogP contribution is 2.44. The largest absolute Gasteiger partial charge is 0.341 e. The Hall–Kier alpha value is -1.96. The summed E-state index contributed by atoms with van der Waals surface area (Å²) in [6.45, 7) is 1.38. The number of rotatable bonds is 4. The molecule has 2 aliphatic rings. The first-order valence-electron chi connectivity index (χ1n) is 8.20. The number of hydrogen-bond donors (Lipinski definition) is 1. The van der Waals surface area contributed by atoms with Gasteiger partial charge in [-0.1, -0.05) is 23.4 Å². The van der Waals surface area contributed by atoms with E-state index >= 15 is 0 Å². The van der Waals surface area contributed by atoms with E-state index in [0.717, 1.165) is 19.3 Å². The molecule has 0 unspecified atom stereocenters. The average molecular weight is 350 g/mol. The average Bonchev–Trinajstić information content (AvgIpc) is 2.58. The number of sulfone groups is 1. The summed E-state index contributed by atoms with van der Waals surface area (Å²) in [4.78, 5) is 14.9. The number of nitrogens with zero attached hydrogens (tertiary/aromatic N) is 3. The fraction of sp³-hybridized carbons (Fsp3) is 0.562. The van der Waals surface area contributed by atoms with Crippen molar-refractivity contribution in [2.75, 3.05) is 13.1 Å². The van der Waals surface area contributed by atoms with E-state index in [1.165, 1.54) is 0 Å². The topological polar surface area (TPSA) is 105 Å². The molecule has 2 fully saturated rings. The van der Waals surface area contributed by atoms with Gasteiger partial charge in [0, 0.05) is 25.9 Å². The van der Waals surface area contributed by atoms with Gasteiger partial charge in [0.05, 0.1) is 10.1 Å². The van der Waals surface area contributed by atoms with Crippen molar-refractivity contribution in [2.24, 2.45) is 16.2 Å². The van der Waals surface area contributed by atoms with E-state index in [1.54, 1.807) is 35.2 Å². The molecule has 0 radical (unpaired) electrons. The van der Waals surface area contributed by atoms with Gasteiger partial charge in [-0.05, 0) is 31.4 Å². The van der Waals surface area contributed by atoms with Crippen molar-refractivity contribution >= 4 is 15.7 Å². The van der Waals surface area contributed by atoms with Gasteiger partial charge < -0.3 is 10.7 Å². The number of carbonyl (C=O) groups is 1. The third-order valence-corrected chi connectivity index (χ3v) is 7.07. The highest BCUT2D eigenvalue weighted by atomic mass is 32.2. The number of amides is 1. The highest BCUT2D eigenvalue weighted by Gasteiger charge is 2.57. The minimum absolute atomic E-state index is 0.139. The van der Waals surface area contributed by atoms with Crippen molar-refractivity contribution < 1.29 is 13.2 Å². The lowest BCUT2D eigenvalue weighted by atomic mass is 9.75. The Morgan fingerprint density at radius 2 is 1.75 bits per heavy atom. The molecule has 3 rings (SSSR count). The monoisotopic (exact) mass is 350 g/mol. The molecule has 1 saturated heterocycles. The van der Waals surface area contributed by atoms with Crippen LogP contribution >= 0.6 is 0 Å². The number of benzene rings is 1. The first-order chi connectivity index (χ1) is 11.5. The maximum absolute atomic E-state index is 12.8. The first kappa shape index (κ1) is 16.9. The van der Waals surface area contributed by atoms with Gasteiger partial charge >= 0.3 is 0 Å². The predicted octanol–water partition coefficient (Wildman–Crippen LogP) is 1.70. The molecule has 1 aromatic carbocycles. The number of likely N-dealkylation sites (tertiary alicyclic amines) is 1. The SMILES string of the molecule is NN=NC1(C(=O)N2CCCCC2)CC(S(=O)(=O)c2ccccc2)C1. The molecule has 1 aliphatic heterocycles. The van der Waals surface area contributed by atoms with Crippen LogP contribution in [0, 0.1) is 0 Å². The Labute approximate surface area is 141 Å². The summed E-state index contributed by atoms with van der Waals surface area (Å²) >= 11 is 0. The molecule has 1 saturated carbocycles. The molecule has 0 atom stereocenters. The molecule has 0 spiro atoms. The third kappa shape index (κ3) is 2.90. The molecule has 1 amide bonds. The standard InChI is InChI=1S/C16H22N4O3S/c17-19-18-16(15(21)20-9-5-2-6-10-20)11-14(12-16)24(22,23)13-7-3-1-4-8-13/h1,3-4,7-8,14H,2,5-6,9-12H2,(H2,17,18). The van der Waals surface area contributed by atoms with Gasteiger partial charge in [-0.3, -0.25) is 4.79 Å². The van der Waals surface area contributed by atoms with Gasteiger partial charge in [-0.25, -0.2) is 8.42 Å². The number of carbonyl (C=O) groups excluding carboxylic acids is 1. The summed E-state index contributed by atoms with van der Waals surface area (Å²) in [7, 11) is -3.47. The molecule has 1 aliphatic carbocycles. The zero-order chi connectivity index (χ0) is 17.2. The van der Waals surface area contributed by atoms with Gasteiger partial charge in [-0.15, -0.1) is 0 Å². The predicted molar refractivity (Wildman–Crippen MR) is 88.9 cm³/mol. The number of piperidine rings is 1. The second-order valence-corrected chi connectivity index (χ2v) is 8.72. The molecular weight excluding hydrogens is 328 g/mol. The van der Waals surface area contributed by atoms with Crippen molar-refractivity contribution in [3.8, 4) is 0 Å². The van der Waals surface area contributed by atoms with Crippen LogP contribution in [0.4, 0.5) is 0 Å². The molecule has 0 aromatic heterocycles. The molecule has 1 aromatic rings. The summed E-state index contributed by atoms with van der Waals surface area (Å²) in [6, 6.07) is 8.31. The van der Waals surface area contributed by atoms with Crippen LogP contribution in [0.5, 0.6) is 0 Å². The van der Waals surface area contributed by atoms with E-state index in [0.29, 0.717) is 13.1 Å². The number of nitrogens with two attached hydrogens (primary N) is 1. The van der Waals surface area contributed by atoms with E-state index in [2.05, 4.69) is 10.3 Å². The van der Waals surface area contributed by atoms with Crippen LogP contribution in [0.1, 0.15) is 32.1 Å². The summed E-state index contributed by atoms with van der Waals surface area (Å²) in [5.74, 6) is 5.05. The van der Waals surface area contributed by atoms with Gasteiger partial charge in [0.1, 0.15) is 0 Å². The van der Waals surface area contributed by atoms with E-state index in [-0.39, 0.29) is 23.6 Å². The van der Waals surface area contributed by atoms with Crippen LogP contribution in [-0.2, 0) is 14.6 Å². The molecule has 7 nitrogen and oxygen atoms in total. The summed E-state index contributed by atoms with van der Waals surface area (Å²) in [5.41, 5.74) is -1.11. The molecule has 24 heavy (non-hydrogen) atoms. The Bertz CT molecular complexity index is 721. The Balaban J connectivity index is 1.78. The molecular formula is C16H22N4O3S. The zero-order valence-electron chi connectivity index (χ0n) is 13.5. The van der Waals surface area contributed by atoms with Crippen LogP contribution in [0.3, 0.4) is 0 Å². The fourth-order valence-electron chi connectivity index (χ4n) is 3.52. The van der Waals surface area contributed by atoms with Crippen molar-refractivity contribution in [2.45, 2.75) is 47.8 Å². The Morgan fingerprint density at radius 1 is 1.12 bits per heavy atom. The van der Waals surface area contributed by atoms with Crippen molar-refractivity contribution in [1.29, 1.82) is 0 Å². The van der Waals surface area contributed by atoms with Crippen LogP contribution in [0.15, 0.2) is 45.6 Å². The van der Waals surface area contributed by atoms with Gasteiger partial charge in [-0.2, -0.15) is 5.11 Å². The van der Waals surface area contributed by atoms with E-state index < -0.39 is 20.6 Å². The van der Waals surface area contributed by atoms with Gasteiger partial charge in [0.25, 0.3) is 5.91 Å². The zero-order valence-corrected chi connectivity index (χ0v) is 14.3. The van der Waals surface area contributed by atoms with Crippen LogP contribution < -0.4 is 5.84 Å². The maximum Gasteiger partial charge on any atom is 0.252 e. The van der Waals surface area contributed by atoms with Crippen molar-refractivity contribution in [1.82, 2.24) is 4.90 Å². The third-order valence-electron chi connectivity index (χ3n) is 4.93. The Morgan fingerprint density at radius 3 is 2.33 bits per heavy atom. The van der Waals surface area contributed by atoms with Crippen molar-refractivity contribution in [3.05, 3.63) is 30.3 Å². The molecule has 1 heterocycles. The van der Waals surface area contributed by atoms with Crippen LogP contribution in [-0.4, -0.2) is 43.1 Å². The molecule has 130 valence electrons. The lowest BCUT2D eigenvalue weighted by molar-refractivity contribution is -0.141. The molecule has 8 heteroatoms. The second-order valence-electron chi connectivity index (χ2n) is 6.49. The second kappa shape index (κ2) is 6.51. The normalized spacial score (nSPS) is 27.8. The summed E-state index contributed by atoms with van der Waals surface area (Å²) < 4.78 is 25.4. The van der Waals surface area contributed by atoms with Gasteiger partial charge in [0.15, 0.2) is 15.4 Å². The smallest absolute Gasteiger partial charge is 0.252 e. The van der Waals surface area contributed by atoms with E-state index in [1.807, 2.05) is 0 Å².